The van der Waals surface area contributed by atoms with Gasteiger partial charge < -0.3 is 5.11 Å². The van der Waals surface area contributed by atoms with E-state index in [-0.39, 0.29) is 0 Å². The van der Waals surface area contributed by atoms with Gasteiger partial charge in [-0.25, -0.2) is 14.9 Å². The number of carbonyl (C=O) groups is 1. The Hall–Kier alpha value is -2.57. The van der Waals surface area contributed by atoms with Gasteiger partial charge in [0.1, 0.15) is 0 Å². The fraction of sp³-hybridized carbons (Fsp3) is 0. The zero-order chi connectivity index (χ0) is 11.4. The molecule has 0 atom stereocenters. The molecule has 82 valence electrons. The number of carboxylic acid groups (broad SMARTS) is 1. The van der Waals surface area contributed by atoms with E-state index in [4.69, 9.17) is 5.11 Å². The van der Waals surface area contributed by atoms with E-state index in [9.17, 15) is 4.79 Å². The Kier molecular flexibility index (Phi) is 2.68. The van der Waals surface area contributed by atoms with Gasteiger partial charge in [-0.15, -0.1) is 0 Å². The Balaban J connectivity index is 2.11. The first-order valence-corrected chi connectivity index (χ1v) is 4.46. The van der Waals surface area contributed by atoms with Crippen molar-refractivity contribution in [1.82, 2.24) is 20.2 Å². The first-order valence-electron chi connectivity index (χ1n) is 4.46. The number of nitrogens with one attached hydrogen (secondary N) is 2. The maximum atomic E-state index is 10.2. The summed E-state index contributed by atoms with van der Waals surface area (Å²) in [7, 11) is 0. The smallest absolute Gasteiger partial charge is 0.423 e. The number of pyridine rings is 1. The number of nitrogens with zero attached hydrogens (tertiary/aromatic N) is 3. The van der Waals surface area contributed by atoms with Gasteiger partial charge in [0.05, 0.1) is 30.0 Å². The molecule has 0 radical (unpaired) electrons. The highest BCUT2D eigenvalue weighted by atomic mass is 16.4. The SMILES string of the molecule is O=C(O)NNc1cnn(-c2cccnc2)c1. The van der Waals surface area contributed by atoms with Crippen LogP contribution in [0.3, 0.4) is 0 Å². The highest BCUT2D eigenvalue weighted by Gasteiger charge is 2.00. The van der Waals surface area contributed by atoms with Crippen molar-refractivity contribution in [2.24, 2.45) is 0 Å². The molecular weight excluding hydrogens is 210 g/mol. The van der Waals surface area contributed by atoms with E-state index in [1.165, 1.54) is 6.20 Å². The molecule has 0 bridgehead atoms. The molecule has 7 nitrogen and oxygen atoms in total. The van der Waals surface area contributed by atoms with Crippen molar-refractivity contribution in [2.45, 2.75) is 0 Å². The van der Waals surface area contributed by atoms with E-state index >= 15 is 0 Å². The van der Waals surface area contributed by atoms with E-state index in [0.29, 0.717) is 5.69 Å². The average Bonchev–Trinajstić information content (AvgIpc) is 2.76. The van der Waals surface area contributed by atoms with Crippen LogP contribution < -0.4 is 10.9 Å². The molecular formula is C9H9N5O2. The Morgan fingerprint density at radius 2 is 2.31 bits per heavy atom. The molecule has 2 aromatic heterocycles. The van der Waals surface area contributed by atoms with Crippen LogP contribution in [0.25, 0.3) is 5.69 Å². The van der Waals surface area contributed by atoms with Gasteiger partial charge >= 0.3 is 6.09 Å². The molecule has 0 aromatic carbocycles. The van der Waals surface area contributed by atoms with Gasteiger partial charge in [0.15, 0.2) is 0 Å². The second kappa shape index (κ2) is 4.30. The van der Waals surface area contributed by atoms with Crippen LogP contribution in [0.2, 0.25) is 0 Å². The predicted molar refractivity (Wildman–Crippen MR) is 56.1 cm³/mol. The highest BCUT2D eigenvalue weighted by molar-refractivity contribution is 5.66. The van der Waals surface area contributed by atoms with Crippen LogP contribution in [0.1, 0.15) is 0 Å². The number of rotatable bonds is 3. The zero-order valence-corrected chi connectivity index (χ0v) is 8.16. The van der Waals surface area contributed by atoms with Crippen molar-refractivity contribution in [3.63, 3.8) is 0 Å². The third-order valence-electron chi connectivity index (χ3n) is 1.81. The Bertz CT molecular complexity index is 482. The number of amides is 1. The van der Waals surface area contributed by atoms with E-state index in [0.717, 1.165) is 5.69 Å². The number of hydrazine groups is 1. The summed E-state index contributed by atoms with van der Waals surface area (Å²) in [6.45, 7) is 0. The monoisotopic (exact) mass is 219 g/mol. The minimum Gasteiger partial charge on any atom is -0.464 e. The Morgan fingerprint density at radius 3 is 3.00 bits per heavy atom. The van der Waals surface area contributed by atoms with Gasteiger partial charge in [0.25, 0.3) is 0 Å². The lowest BCUT2D eigenvalue weighted by atomic mass is 10.4. The molecule has 7 heteroatoms. The summed E-state index contributed by atoms with van der Waals surface area (Å²) < 4.78 is 1.58. The molecule has 0 aliphatic carbocycles. The molecule has 16 heavy (non-hydrogen) atoms. The minimum absolute atomic E-state index is 0.547. The van der Waals surface area contributed by atoms with Crippen molar-refractivity contribution >= 4 is 11.8 Å². The molecule has 2 aromatic rings. The second-order valence-corrected chi connectivity index (χ2v) is 2.94. The molecule has 0 aliphatic rings. The van der Waals surface area contributed by atoms with E-state index < -0.39 is 6.09 Å². The second-order valence-electron chi connectivity index (χ2n) is 2.94. The first kappa shape index (κ1) is 9.97. The average molecular weight is 219 g/mol. The lowest BCUT2D eigenvalue weighted by molar-refractivity contribution is 0.197. The quantitative estimate of drug-likeness (QED) is 0.666. The van der Waals surface area contributed by atoms with E-state index in [1.54, 1.807) is 29.3 Å². The summed E-state index contributed by atoms with van der Waals surface area (Å²) in [6.07, 6.45) is 5.31. The normalized spacial score (nSPS) is 9.75. The molecule has 0 fully saturated rings. The molecule has 2 rings (SSSR count). The lowest BCUT2D eigenvalue weighted by Gasteiger charge is -2.00. The summed E-state index contributed by atoms with van der Waals surface area (Å²) in [4.78, 5) is 14.2. The number of aromatic nitrogens is 3. The number of hydrogen-bond acceptors (Lipinski definition) is 4. The Labute approximate surface area is 90.7 Å². The maximum absolute atomic E-state index is 10.2. The van der Waals surface area contributed by atoms with Crippen molar-refractivity contribution in [2.75, 3.05) is 5.43 Å². The van der Waals surface area contributed by atoms with E-state index in [1.807, 2.05) is 11.5 Å². The molecule has 0 unspecified atom stereocenters. The third kappa shape index (κ3) is 2.27. The topological polar surface area (TPSA) is 92.1 Å². The van der Waals surface area contributed by atoms with Gasteiger partial charge in [-0.2, -0.15) is 5.10 Å². The summed E-state index contributed by atoms with van der Waals surface area (Å²) >= 11 is 0. The molecule has 2 heterocycles. The minimum atomic E-state index is -1.16. The molecule has 0 aliphatic heterocycles. The molecule has 1 amide bonds. The van der Waals surface area contributed by atoms with Crippen molar-refractivity contribution < 1.29 is 9.90 Å². The third-order valence-corrected chi connectivity index (χ3v) is 1.81. The van der Waals surface area contributed by atoms with Gasteiger partial charge in [-0.05, 0) is 12.1 Å². The van der Waals surface area contributed by atoms with E-state index in [2.05, 4.69) is 15.5 Å². The standard InChI is InChI=1S/C9H9N5O2/c15-9(16)13-12-7-4-11-14(6-7)8-2-1-3-10-5-8/h1-6,12-13H,(H,15,16). The maximum Gasteiger partial charge on any atom is 0.423 e. The summed E-state index contributed by atoms with van der Waals surface area (Å²) in [5.41, 5.74) is 5.85. The lowest BCUT2D eigenvalue weighted by Crippen LogP contribution is -2.26. The fourth-order valence-electron chi connectivity index (χ4n) is 1.14. The molecule has 0 spiro atoms. The van der Waals surface area contributed by atoms with Crippen molar-refractivity contribution in [3.8, 4) is 5.69 Å². The highest BCUT2D eigenvalue weighted by Crippen LogP contribution is 2.08. The van der Waals surface area contributed by atoms with Crippen LogP contribution in [0.4, 0.5) is 10.5 Å². The van der Waals surface area contributed by atoms with Crippen molar-refractivity contribution in [3.05, 3.63) is 36.9 Å². The van der Waals surface area contributed by atoms with Crippen LogP contribution in [-0.2, 0) is 0 Å². The predicted octanol–water partition coefficient (Wildman–Crippen LogP) is 0.862. The Morgan fingerprint density at radius 1 is 1.44 bits per heavy atom. The van der Waals surface area contributed by atoms with Crippen molar-refractivity contribution in [1.29, 1.82) is 0 Å². The first-order chi connectivity index (χ1) is 7.75. The van der Waals surface area contributed by atoms with Crippen LogP contribution in [-0.4, -0.2) is 26.0 Å². The molecule has 3 N–H and O–H groups in total. The van der Waals surface area contributed by atoms with Gasteiger partial charge in [0, 0.05) is 6.20 Å². The summed E-state index contributed by atoms with van der Waals surface area (Å²) in [5, 5.41) is 12.4. The largest absolute Gasteiger partial charge is 0.464 e. The zero-order valence-electron chi connectivity index (χ0n) is 8.16. The van der Waals surface area contributed by atoms with Crippen LogP contribution in [0.15, 0.2) is 36.9 Å². The van der Waals surface area contributed by atoms with Gasteiger partial charge in [0.2, 0.25) is 0 Å². The van der Waals surface area contributed by atoms with Gasteiger partial charge in [-0.3, -0.25) is 10.4 Å². The van der Waals surface area contributed by atoms with Gasteiger partial charge in [-0.1, -0.05) is 0 Å². The molecule has 0 saturated carbocycles. The number of anilines is 1. The van der Waals surface area contributed by atoms with Crippen LogP contribution in [0.5, 0.6) is 0 Å². The molecule has 0 saturated heterocycles. The summed E-state index contributed by atoms with van der Waals surface area (Å²) in [5.74, 6) is 0. The fourth-order valence-corrected chi connectivity index (χ4v) is 1.14. The van der Waals surface area contributed by atoms with Crippen LogP contribution in [0, 0.1) is 0 Å². The van der Waals surface area contributed by atoms with Crippen LogP contribution >= 0.6 is 0 Å². The summed E-state index contributed by atoms with van der Waals surface area (Å²) in [6, 6.07) is 3.63. The number of hydrogen-bond donors (Lipinski definition) is 3.